The van der Waals surface area contributed by atoms with Gasteiger partial charge < -0.3 is 10.5 Å². The fourth-order valence-electron chi connectivity index (χ4n) is 1.76. The van der Waals surface area contributed by atoms with Crippen LogP contribution in [-0.4, -0.2) is 18.7 Å². The highest BCUT2D eigenvalue weighted by atomic mass is 19.3. The zero-order valence-corrected chi connectivity index (χ0v) is 12.1. The molecule has 3 N–H and O–H groups in total. The van der Waals surface area contributed by atoms with E-state index in [-0.39, 0.29) is 11.7 Å². The van der Waals surface area contributed by atoms with Gasteiger partial charge in [0.1, 0.15) is 5.75 Å². The molecule has 0 saturated carbocycles. The summed E-state index contributed by atoms with van der Waals surface area (Å²) in [5, 5.41) is 3.81. The maximum absolute atomic E-state index is 12.0. The minimum absolute atomic E-state index is 0.0566. The second kappa shape index (κ2) is 8.00. The zero-order chi connectivity index (χ0) is 16.7. The number of alkyl halides is 2. The van der Waals surface area contributed by atoms with Crippen LogP contribution in [0.3, 0.4) is 0 Å². The van der Waals surface area contributed by atoms with Crippen molar-refractivity contribution in [2.75, 3.05) is 0 Å². The smallest absolute Gasteiger partial charge is 0.387 e. The van der Waals surface area contributed by atoms with Crippen LogP contribution in [0.1, 0.15) is 21.5 Å². The largest absolute Gasteiger partial charge is 0.435 e. The molecule has 7 heteroatoms. The van der Waals surface area contributed by atoms with Gasteiger partial charge in [0.05, 0.1) is 6.21 Å². The highest BCUT2D eigenvalue weighted by Gasteiger charge is 2.04. The van der Waals surface area contributed by atoms with E-state index in [1.54, 1.807) is 36.4 Å². The highest BCUT2D eigenvalue weighted by molar-refractivity contribution is 5.94. The van der Waals surface area contributed by atoms with Crippen LogP contribution in [0.2, 0.25) is 0 Å². The number of carbonyl (C=O) groups is 1. The summed E-state index contributed by atoms with van der Waals surface area (Å²) in [5.41, 5.74) is 9.88. The van der Waals surface area contributed by atoms with Crippen LogP contribution >= 0.6 is 0 Å². The van der Waals surface area contributed by atoms with Crippen molar-refractivity contribution in [1.29, 1.82) is 0 Å². The molecule has 0 fully saturated rings. The second-order valence-corrected chi connectivity index (χ2v) is 4.55. The third-order valence-corrected chi connectivity index (χ3v) is 2.94. The van der Waals surface area contributed by atoms with E-state index in [4.69, 9.17) is 5.73 Å². The summed E-state index contributed by atoms with van der Waals surface area (Å²) < 4.78 is 28.3. The number of nitrogens with two attached hydrogens (primary N) is 1. The molecule has 1 amide bonds. The Bertz CT molecular complexity index is 671. The molecule has 120 valence electrons. The van der Waals surface area contributed by atoms with Gasteiger partial charge in [-0.1, -0.05) is 12.1 Å². The number of hydrazone groups is 1. The molecular weight excluding hydrogens is 304 g/mol. The first-order valence-electron chi connectivity index (χ1n) is 6.76. The normalized spacial score (nSPS) is 11.0. The summed E-state index contributed by atoms with van der Waals surface area (Å²) in [6.45, 7) is -2.45. The van der Waals surface area contributed by atoms with E-state index in [2.05, 4.69) is 15.3 Å². The lowest BCUT2D eigenvalue weighted by Gasteiger charge is -2.04. The monoisotopic (exact) mass is 319 g/mol. The number of ether oxygens (including phenoxy) is 1. The van der Waals surface area contributed by atoms with Crippen LogP contribution < -0.4 is 15.9 Å². The van der Waals surface area contributed by atoms with Gasteiger partial charge in [-0.15, -0.1) is 0 Å². The van der Waals surface area contributed by atoms with Crippen LogP contribution in [0.5, 0.6) is 5.75 Å². The molecule has 2 aromatic rings. The number of benzene rings is 2. The van der Waals surface area contributed by atoms with Crippen molar-refractivity contribution in [3.8, 4) is 5.75 Å². The lowest BCUT2D eigenvalue weighted by atomic mass is 10.1. The van der Waals surface area contributed by atoms with E-state index in [1.165, 1.54) is 18.3 Å². The maximum Gasteiger partial charge on any atom is 0.387 e. The number of hydrogen-bond acceptors (Lipinski definition) is 4. The Morgan fingerprint density at radius 1 is 1.17 bits per heavy atom. The molecule has 5 nitrogen and oxygen atoms in total. The van der Waals surface area contributed by atoms with E-state index in [1.807, 2.05) is 0 Å². The summed E-state index contributed by atoms with van der Waals surface area (Å²) in [6, 6.07) is 12.7. The molecule has 2 aromatic carbocycles. The molecule has 0 aliphatic heterocycles. The Labute approximate surface area is 131 Å². The Morgan fingerprint density at radius 3 is 2.39 bits per heavy atom. The Balaban J connectivity index is 1.91. The van der Waals surface area contributed by atoms with Crippen molar-refractivity contribution in [1.82, 2.24) is 5.43 Å². The molecule has 0 unspecified atom stereocenters. The van der Waals surface area contributed by atoms with Crippen LogP contribution in [0.4, 0.5) is 8.78 Å². The Hall–Kier alpha value is -2.80. The van der Waals surface area contributed by atoms with Crippen LogP contribution in [0.25, 0.3) is 0 Å². The second-order valence-electron chi connectivity index (χ2n) is 4.55. The molecule has 0 heterocycles. The van der Waals surface area contributed by atoms with E-state index in [0.717, 1.165) is 5.56 Å². The lowest BCUT2D eigenvalue weighted by molar-refractivity contribution is -0.0498. The number of carbonyl (C=O) groups excluding carboxylic acids is 1. The van der Waals surface area contributed by atoms with E-state index in [9.17, 15) is 13.6 Å². The number of rotatable bonds is 6. The van der Waals surface area contributed by atoms with Gasteiger partial charge in [-0.05, 0) is 47.5 Å². The summed E-state index contributed by atoms with van der Waals surface area (Å²) in [6.07, 6.45) is 1.40. The molecule has 2 rings (SSSR count). The summed E-state index contributed by atoms with van der Waals surface area (Å²) in [5.74, 6) is -0.302. The predicted molar refractivity (Wildman–Crippen MR) is 82.5 cm³/mol. The third kappa shape index (κ3) is 5.15. The minimum atomic E-state index is -2.86. The highest BCUT2D eigenvalue weighted by Crippen LogP contribution is 2.13. The zero-order valence-electron chi connectivity index (χ0n) is 12.1. The van der Waals surface area contributed by atoms with Crippen molar-refractivity contribution in [3.63, 3.8) is 0 Å². The lowest BCUT2D eigenvalue weighted by Crippen LogP contribution is -2.17. The van der Waals surface area contributed by atoms with Gasteiger partial charge in [0.2, 0.25) is 0 Å². The quantitative estimate of drug-likeness (QED) is 0.634. The van der Waals surface area contributed by atoms with E-state index >= 15 is 0 Å². The van der Waals surface area contributed by atoms with Crippen LogP contribution in [0, 0.1) is 0 Å². The molecule has 0 radical (unpaired) electrons. The molecule has 0 saturated heterocycles. The SMILES string of the molecule is NCc1ccc(C(=O)N/N=C/c2ccc(OC(F)F)cc2)cc1. The topological polar surface area (TPSA) is 76.7 Å². The molecular formula is C16H15F2N3O2. The first kappa shape index (κ1) is 16.6. The number of halogens is 2. The van der Waals surface area contributed by atoms with Gasteiger partial charge >= 0.3 is 6.61 Å². The van der Waals surface area contributed by atoms with Gasteiger partial charge in [-0.25, -0.2) is 5.43 Å². The average molecular weight is 319 g/mol. The standard InChI is InChI=1S/C16H15F2N3O2/c17-16(18)23-14-7-3-12(4-8-14)10-20-21-15(22)13-5-1-11(9-19)2-6-13/h1-8,10,16H,9,19H2,(H,21,22)/b20-10+. The van der Waals surface area contributed by atoms with E-state index < -0.39 is 6.61 Å². The van der Waals surface area contributed by atoms with Gasteiger partial charge in [0.25, 0.3) is 5.91 Å². The molecule has 0 bridgehead atoms. The van der Waals surface area contributed by atoms with Crippen molar-refractivity contribution < 1.29 is 18.3 Å². The number of hydrogen-bond donors (Lipinski definition) is 2. The number of amides is 1. The summed E-state index contributed by atoms with van der Waals surface area (Å²) in [4.78, 5) is 11.9. The van der Waals surface area contributed by atoms with Crippen molar-refractivity contribution in [3.05, 3.63) is 65.2 Å². The Morgan fingerprint density at radius 2 is 1.83 bits per heavy atom. The predicted octanol–water partition coefficient (Wildman–Crippen LogP) is 2.51. The van der Waals surface area contributed by atoms with Crippen molar-refractivity contribution in [2.45, 2.75) is 13.2 Å². The van der Waals surface area contributed by atoms with Crippen LogP contribution in [0.15, 0.2) is 53.6 Å². The Kier molecular flexibility index (Phi) is 5.76. The fourth-order valence-corrected chi connectivity index (χ4v) is 1.76. The van der Waals surface area contributed by atoms with Crippen LogP contribution in [-0.2, 0) is 6.54 Å². The maximum atomic E-state index is 12.0. The average Bonchev–Trinajstić information content (AvgIpc) is 2.56. The fraction of sp³-hybridized carbons (Fsp3) is 0.125. The minimum Gasteiger partial charge on any atom is -0.435 e. The van der Waals surface area contributed by atoms with Crippen molar-refractivity contribution in [2.24, 2.45) is 10.8 Å². The summed E-state index contributed by atoms with van der Waals surface area (Å²) in [7, 11) is 0. The molecule has 0 spiro atoms. The van der Waals surface area contributed by atoms with Gasteiger partial charge in [-0.3, -0.25) is 4.79 Å². The molecule has 0 atom stereocenters. The molecule has 0 aliphatic rings. The molecule has 23 heavy (non-hydrogen) atoms. The number of nitrogens with zero attached hydrogens (tertiary/aromatic N) is 1. The van der Waals surface area contributed by atoms with Gasteiger partial charge in [0, 0.05) is 12.1 Å². The molecule has 0 aromatic heterocycles. The van der Waals surface area contributed by atoms with Gasteiger partial charge in [-0.2, -0.15) is 13.9 Å². The summed E-state index contributed by atoms with van der Waals surface area (Å²) >= 11 is 0. The first-order valence-corrected chi connectivity index (χ1v) is 6.76. The van der Waals surface area contributed by atoms with Crippen molar-refractivity contribution >= 4 is 12.1 Å². The van der Waals surface area contributed by atoms with E-state index in [0.29, 0.717) is 17.7 Å². The third-order valence-electron chi connectivity index (χ3n) is 2.94. The van der Waals surface area contributed by atoms with Gasteiger partial charge in [0.15, 0.2) is 0 Å². The first-order chi connectivity index (χ1) is 11.1. The number of nitrogens with one attached hydrogen (secondary N) is 1. The molecule has 0 aliphatic carbocycles.